The molecular formula is C17H19N5O2. The number of H-pyrrole nitrogens is 1. The number of fused-ring (bicyclic) bond motifs is 1. The quantitative estimate of drug-likeness (QED) is 0.784. The van der Waals surface area contributed by atoms with Gasteiger partial charge in [-0.1, -0.05) is 18.2 Å². The van der Waals surface area contributed by atoms with Crippen molar-refractivity contribution in [3.05, 3.63) is 52.2 Å². The average molecular weight is 325 g/mol. The van der Waals surface area contributed by atoms with Crippen LogP contribution in [-0.2, 0) is 11.3 Å². The number of aromatic amines is 1. The zero-order valence-electron chi connectivity index (χ0n) is 13.5. The number of nitrogens with one attached hydrogen (secondary N) is 1. The third-order valence-electron chi connectivity index (χ3n) is 4.24. The minimum atomic E-state index is -0.136. The number of morpholine rings is 1. The highest BCUT2D eigenvalue weighted by atomic mass is 16.5. The molecule has 0 unspecified atom stereocenters. The summed E-state index contributed by atoms with van der Waals surface area (Å²) >= 11 is 0. The summed E-state index contributed by atoms with van der Waals surface area (Å²) in [4.78, 5) is 22.3. The fraction of sp³-hybridized carbons (Fsp3) is 0.353. The molecule has 1 N–H and O–H groups in total. The van der Waals surface area contributed by atoms with Crippen LogP contribution in [0.5, 0.6) is 0 Å². The number of para-hydroxylation sites is 1. The van der Waals surface area contributed by atoms with Crippen molar-refractivity contribution in [2.75, 3.05) is 26.3 Å². The Morgan fingerprint density at radius 2 is 1.96 bits per heavy atom. The van der Waals surface area contributed by atoms with E-state index in [1.54, 1.807) is 4.68 Å². The van der Waals surface area contributed by atoms with E-state index in [-0.39, 0.29) is 5.56 Å². The Bertz CT molecular complexity index is 910. The monoisotopic (exact) mass is 325 g/mol. The molecule has 7 nitrogen and oxygen atoms in total. The Morgan fingerprint density at radius 3 is 2.71 bits per heavy atom. The van der Waals surface area contributed by atoms with E-state index < -0.39 is 0 Å². The van der Waals surface area contributed by atoms with E-state index in [1.807, 2.05) is 37.3 Å². The highest BCUT2D eigenvalue weighted by molar-refractivity contribution is 5.78. The van der Waals surface area contributed by atoms with E-state index >= 15 is 0 Å². The molecule has 0 atom stereocenters. The van der Waals surface area contributed by atoms with Gasteiger partial charge in [-0.3, -0.25) is 9.69 Å². The van der Waals surface area contributed by atoms with Crippen LogP contribution in [0.15, 0.2) is 35.1 Å². The minimum Gasteiger partial charge on any atom is -0.379 e. The molecule has 24 heavy (non-hydrogen) atoms. The SMILES string of the molecule is Cc1nn(-c2ccccc2)c2nc(CN3CCOCC3)[nH]c(=O)c12. The largest absolute Gasteiger partial charge is 0.379 e. The van der Waals surface area contributed by atoms with E-state index in [1.165, 1.54) is 0 Å². The molecule has 1 fully saturated rings. The first-order valence-electron chi connectivity index (χ1n) is 8.06. The average Bonchev–Trinajstić information content (AvgIpc) is 2.94. The van der Waals surface area contributed by atoms with Gasteiger partial charge in [0.05, 0.1) is 31.1 Å². The summed E-state index contributed by atoms with van der Waals surface area (Å²) in [6.07, 6.45) is 0. The van der Waals surface area contributed by atoms with Crippen LogP contribution >= 0.6 is 0 Å². The molecule has 0 bridgehead atoms. The number of nitrogens with zero attached hydrogens (tertiary/aromatic N) is 4. The number of benzene rings is 1. The van der Waals surface area contributed by atoms with Crippen molar-refractivity contribution in [2.24, 2.45) is 0 Å². The maximum absolute atomic E-state index is 12.5. The first kappa shape index (κ1) is 15.0. The normalized spacial score (nSPS) is 15.9. The second-order valence-corrected chi connectivity index (χ2v) is 5.93. The molecule has 0 amide bonds. The molecule has 4 rings (SSSR count). The van der Waals surface area contributed by atoms with Gasteiger partial charge in [-0.15, -0.1) is 0 Å². The van der Waals surface area contributed by atoms with Gasteiger partial charge >= 0.3 is 0 Å². The zero-order valence-corrected chi connectivity index (χ0v) is 13.5. The van der Waals surface area contributed by atoms with Crippen molar-refractivity contribution < 1.29 is 4.74 Å². The molecule has 2 aromatic heterocycles. The molecule has 1 aliphatic heterocycles. The Kier molecular flexibility index (Phi) is 3.87. The fourth-order valence-electron chi connectivity index (χ4n) is 3.03. The van der Waals surface area contributed by atoms with Gasteiger partial charge in [0.2, 0.25) is 0 Å². The molecule has 1 aromatic carbocycles. The summed E-state index contributed by atoms with van der Waals surface area (Å²) in [5, 5.41) is 5.06. The maximum Gasteiger partial charge on any atom is 0.262 e. The van der Waals surface area contributed by atoms with Gasteiger partial charge in [0.25, 0.3) is 5.56 Å². The van der Waals surface area contributed by atoms with E-state index in [0.29, 0.717) is 42.3 Å². The first-order valence-corrected chi connectivity index (χ1v) is 8.06. The van der Waals surface area contributed by atoms with E-state index in [9.17, 15) is 4.79 Å². The third kappa shape index (κ3) is 2.72. The molecular weight excluding hydrogens is 306 g/mol. The van der Waals surface area contributed by atoms with Gasteiger partial charge in [-0.05, 0) is 19.1 Å². The second-order valence-electron chi connectivity index (χ2n) is 5.93. The topological polar surface area (TPSA) is 76.0 Å². The van der Waals surface area contributed by atoms with E-state index in [2.05, 4.69) is 20.0 Å². The van der Waals surface area contributed by atoms with Crippen LogP contribution in [0.3, 0.4) is 0 Å². The number of aryl methyl sites for hydroxylation is 1. The Hall–Kier alpha value is -2.51. The van der Waals surface area contributed by atoms with Gasteiger partial charge in [0, 0.05) is 13.1 Å². The van der Waals surface area contributed by atoms with Crippen molar-refractivity contribution in [3.63, 3.8) is 0 Å². The lowest BCUT2D eigenvalue weighted by molar-refractivity contribution is 0.0330. The van der Waals surface area contributed by atoms with Crippen molar-refractivity contribution >= 4 is 11.0 Å². The number of ether oxygens (including phenoxy) is 1. The summed E-state index contributed by atoms with van der Waals surface area (Å²) in [6, 6.07) is 9.75. The van der Waals surface area contributed by atoms with Crippen molar-refractivity contribution in [1.82, 2.24) is 24.6 Å². The maximum atomic E-state index is 12.5. The van der Waals surface area contributed by atoms with Crippen LogP contribution in [0, 0.1) is 6.92 Å². The van der Waals surface area contributed by atoms with Crippen LogP contribution in [0.2, 0.25) is 0 Å². The highest BCUT2D eigenvalue weighted by Gasteiger charge is 2.17. The lowest BCUT2D eigenvalue weighted by atomic mass is 10.3. The molecule has 1 aliphatic rings. The fourth-order valence-corrected chi connectivity index (χ4v) is 3.03. The van der Waals surface area contributed by atoms with Gasteiger partial charge in [-0.25, -0.2) is 9.67 Å². The van der Waals surface area contributed by atoms with Gasteiger partial charge in [0.1, 0.15) is 11.2 Å². The van der Waals surface area contributed by atoms with Gasteiger partial charge in [-0.2, -0.15) is 5.10 Å². The van der Waals surface area contributed by atoms with Gasteiger partial charge < -0.3 is 9.72 Å². The summed E-state index contributed by atoms with van der Waals surface area (Å²) in [5.74, 6) is 0.659. The summed E-state index contributed by atoms with van der Waals surface area (Å²) in [7, 11) is 0. The summed E-state index contributed by atoms with van der Waals surface area (Å²) in [5.41, 5.74) is 2.04. The van der Waals surface area contributed by atoms with Crippen LogP contribution in [0.25, 0.3) is 16.7 Å². The number of aromatic nitrogens is 4. The number of hydrogen-bond donors (Lipinski definition) is 1. The predicted molar refractivity (Wildman–Crippen MR) is 90.3 cm³/mol. The van der Waals surface area contributed by atoms with Crippen LogP contribution in [0.1, 0.15) is 11.5 Å². The Morgan fingerprint density at radius 1 is 1.21 bits per heavy atom. The van der Waals surface area contributed by atoms with Crippen molar-refractivity contribution in [1.29, 1.82) is 0 Å². The summed E-state index contributed by atoms with van der Waals surface area (Å²) in [6.45, 7) is 5.56. The second kappa shape index (κ2) is 6.18. The molecule has 124 valence electrons. The molecule has 3 aromatic rings. The lowest BCUT2D eigenvalue weighted by Crippen LogP contribution is -2.36. The molecule has 1 saturated heterocycles. The number of hydrogen-bond acceptors (Lipinski definition) is 5. The highest BCUT2D eigenvalue weighted by Crippen LogP contribution is 2.17. The predicted octanol–water partition coefficient (Wildman–Crippen LogP) is 1.25. The molecule has 7 heteroatoms. The molecule has 0 spiro atoms. The Labute approximate surface area is 138 Å². The molecule has 0 radical (unpaired) electrons. The Balaban J connectivity index is 1.79. The van der Waals surface area contributed by atoms with Crippen molar-refractivity contribution in [2.45, 2.75) is 13.5 Å². The zero-order chi connectivity index (χ0) is 16.5. The minimum absolute atomic E-state index is 0.136. The molecule has 0 saturated carbocycles. The third-order valence-corrected chi connectivity index (χ3v) is 4.24. The number of rotatable bonds is 3. The van der Waals surface area contributed by atoms with Gasteiger partial charge in [0.15, 0.2) is 5.65 Å². The van der Waals surface area contributed by atoms with Crippen LogP contribution in [0.4, 0.5) is 0 Å². The smallest absolute Gasteiger partial charge is 0.262 e. The van der Waals surface area contributed by atoms with Crippen LogP contribution < -0.4 is 5.56 Å². The van der Waals surface area contributed by atoms with Crippen LogP contribution in [-0.4, -0.2) is 51.0 Å². The molecule has 3 heterocycles. The lowest BCUT2D eigenvalue weighted by Gasteiger charge is -2.25. The molecule has 0 aliphatic carbocycles. The summed E-state index contributed by atoms with van der Waals surface area (Å²) < 4.78 is 7.10. The van der Waals surface area contributed by atoms with E-state index in [0.717, 1.165) is 18.8 Å². The standard InChI is InChI=1S/C17H19N5O2/c1-12-15-16(22(20-12)13-5-3-2-4-6-13)18-14(19-17(15)23)11-21-7-9-24-10-8-21/h2-6H,7-11H2,1H3,(H,18,19,23). The van der Waals surface area contributed by atoms with Crippen molar-refractivity contribution in [3.8, 4) is 5.69 Å². The van der Waals surface area contributed by atoms with E-state index in [4.69, 9.17) is 4.74 Å². The first-order chi connectivity index (χ1) is 11.7.